The third-order valence-corrected chi connectivity index (χ3v) is 3.86. The number of hydrogen-bond acceptors (Lipinski definition) is 4. The first-order chi connectivity index (χ1) is 8.56. The van der Waals surface area contributed by atoms with Gasteiger partial charge in [0, 0.05) is 17.3 Å². The number of nitrogens with one attached hydrogen (secondary N) is 1. The van der Waals surface area contributed by atoms with Gasteiger partial charge in [-0.25, -0.2) is 9.78 Å². The number of amides is 1. The van der Waals surface area contributed by atoms with Gasteiger partial charge in [-0.05, 0) is 40.8 Å². The molecular formula is C11H7IN2O3S. The van der Waals surface area contributed by atoms with Gasteiger partial charge >= 0.3 is 5.97 Å². The summed E-state index contributed by atoms with van der Waals surface area (Å²) in [7, 11) is 0. The van der Waals surface area contributed by atoms with E-state index >= 15 is 0 Å². The number of carboxylic acids is 1. The zero-order valence-corrected chi connectivity index (χ0v) is 11.9. The molecule has 2 aromatic heterocycles. The normalized spacial score (nSPS) is 10.1. The van der Waals surface area contributed by atoms with Crippen LogP contribution in [0.25, 0.3) is 0 Å². The minimum absolute atomic E-state index is 0.104. The number of carboxylic acid groups (broad SMARTS) is 1. The molecule has 0 saturated heterocycles. The second-order valence-electron chi connectivity index (χ2n) is 3.33. The van der Waals surface area contributed by atoms with Gasteiger partial charge in [-0.15, -0.1) is 11.3 Å². The van der Waals surface area contributed by atoms with Gasteiger partial charge in [-0.1, -0.05) is 0 Å². The lowest BCUT2D eigenvalue weighted by molar-refractivity contribution is 0.0690. The fourth-order valence-electron chi connectivity index (χ4n) is 1.26. The van der Waals surface area contributed by atoms with Gasteiger partial charge in [0.1, 0.15) is 5.69 Å². The van der Waals surface area contributed by atoms with Crippen LogP contribution in [0.2, 0.25) is 0 Å². The van der Waals surface area contributed by atoms with E-state index in [0.717, 1.165) is 2.88 Å². The molecule has 0 aliphatic carbocycles. The highest BCUT2D eigenvalue weighted by Gasteiger charge is 2.10. The summed E-state index contributed by atoms with van der Waals surface area (Å²) in [6.45, 7) is 0. The number of hydrogen-bond donors (Lipinski definition) is 2. The van der Waals surface area contributed by atoms with Gasteiger partial charge in [0.2, 0.25) is 0 Å². The van der Waals surface area contributed by atoms with Gasteiger partial charge < -0.3 is 10.4 Å². The smallest absolute Gasteiger partial charge is 0.354 e. The zero-order chi connectivity index (χ0) is 13.1. The molecule has 92 valence electrons. The number of aromatic nitrogens is 1. The zero-order valence-electron chi connectivity index (χ0n) is 8.88. The predicted octanol–water partition coefficient (Wildman–Crippen LogP) is 2.70. The molecule has 0 radical (unpaired) electrons. The molecule has 0 spiro atoms. The maximum atomic E-state index is 11.8. The van der Waals surface area contributed by atoms with Crippen molar-refractivity contribution in [2.24, 2.45) is 0 Å². The first kappa shape index (κ1) is 13.0. The van der Waals surface area contributed by atoms with Crippen molar-refractivity contribution in [3.63, 3.8) is 0 Å². The summed E-state index contributed by atoms with van der Waals surface area (Å²) in [5.41, 5.74) is 0.861. The molecule has 18 heavy (non-hydrogen) atoms. The Morgan fingerprint density at radius 1 is 1.39 bits per heavy atom. The van der Waals surface area contributed by atoms with Gasteiger partial charge in [0.15, 0.2) is 0 Å². The van der Waals surface area contributed by atoms with Crippen LogP contribution < -0.4 is 5.32 Å². The number of carbonyl (C=O) groups excluding carboxylic acids is 1. The minimum Gasteiger partial charge on any atom is -0.477 e. The molecule has 7 heteroatoms. The van der Waals surface area contributed by atoms with E-state index in [4.69, 9.17) is 5.11 Å². The second-order valence-corrected chi connectivity index (χ2v) is 6.13. The number of nitrogens with zero attached hydrogens (tertiary/aromatic N) is 1. The van der Waals surface area contributed by atoms with Crippen LogP contribution in [0.3, 0.4) is 0 Å². The van der Waals surface area contributed by atoms with Crippen molar-refractivity contribution in [1.82, 2.24) is 4.98 Å². The summed E-state index contributed by atoms with van der Waals surface area (Å²) in [6.07, 6.45) is 1.34. The quantitative estimate of drug-likeness (QED) is 0.810. The van der Waals surface area contributed by atoms with E-state index in [-0.39, 0.29) is 11.6 Å². The van der Waals surface area contributed by atoms with E-state index in [1.807, 2.05) is 0 Å². The van der Waals surface area contributed by atoms with E-state index in [2.05, 4.69) is 32.9 Å². The molecule has 0 atom stereocenters. The Morgan fingerprint density at radius 3 is 2.78 bits per heavy atom. The van der Waals surface area contributed by atoms with Crippen molar-refractivity contribution in [3.05, 3.63) is 43.9 Å². The van der Waals surface area contributed by atoms with Crippen molar-refractivity contribution in [2.45, 2.75) is 0 Å². The molecule has 0 aromatic carbocycles. The Labute approximate surface area is 120 Å². The highest BCUT2D eigenvalue weighted by atomic mass is 127. The largest absolute Gasteiger partial charge is 0.477 e. The number of aromatic carboxylic acids is 1. The third kappa shape index (κ3) is 3.05. The Hall–Kier alpha value is -1.48. The van der Waals surface area contributed by atoms with Gasteiger partial charge in [0.25, 0.3) is 5.91 Å². The molecule has 5 nitrogen and oxygen atoms in total. The summed E-state index contributed by atoms with van der Waals surface area (Å²) in [4.78, 5) is 26.2. The Balaban J connectivity index is 2.16. The van der Waals surface area contributed by atoms with Crippen LogP contribution >= 0.6 is 33.9 Å². The van der Waals surface area contributed by atoms with Gasteiger partial charge in [0.05, 0.1) is 8.45 Å². The molecule has 0 bridgehead atoms. The summed E-state index contributed by atoms with van der Waals surface area (Å²) in [6, 6.07) is 4.62. The van der Waals surface area contributed by atoms with Crippen molar-refractivity contribution >= 4 is 51.5 Å². The first-order valence-electron chi connectivity index (χ1n) is 4.81. The average molecular weight is 374 g/mol. The predicted molar refractivity (Wildman–Crippen MR) is 76.2 cm³/mol. The molecule has 0 unspecified atom stereocenters. The lowest BCUT2D eigenvalue weighted by Crippen LogP contribution is -2.12. The number of rotatable bonds is 3. The lowest BCUT2D eigenvalue weighted by atomic mass is 10.3. The second kappa shape index (κ2) is 5.44. The van der Waals surface area contributed by atoms with E-state index in [1.165, 1.54) is 23.6 Å². The molecule has 2 heterocycles. The van der Waals surface area contributed by atoms with Crippen molar-refractivity contribution in [3.8, 4) is 0 Å². The Morgan fingerprint density at radius 2 is 2.17 bits per heavy atom. The molecule has 0 fully saturated rings. The van der Waals surface area contributed by atoms with Gasteiger partial charge in [-0.2, -0.15) is 0 Å². The van der Waals surface area contributed by atoms with Crippen LogP contribution in [0.15, 0.2) is 29.8 Å². The van der Waals surface area contributed by atoms with Crippen LogP contribution in [0, 0.1) is 2.88 Å². The van der Waals surface area contributed by atoms with Crippen LogP contribution in [-0.4, -0.2) is 22.0 Å². The average Bonchev–Trinajstić information content (AvgIpc) is 2.76. The molecule has 0 saturated carbocycles. The number of halogens is 1. The molecular weight excluding hydrogens is 367 g/mol. The SMILES string of the molecule is O=C(Nc1ccnc(C(=O)O)c1)c1csc(I)c1. The maximum Gasteiger partial charge on any atom is 0.354 e. The van der Waals surface area contributed by atoms with Crippen LogP contribution in [-0.2, 0) is 0 Å². The van der Waals surface area contributed by atoms with E-state index in [0.29, 0.717) is 11.3 Å². The van der Waals surface area contributed by atoms with Gasteiger partial charge in [-0.3, -0.25) is 4.79 Å². The van der Waals surface area contributed by atoms with E-state index in [1.54, 1.807) is 17.5 Å². The third-order valence-electron chi connectivity index (χ3n) is 2.07. The fraction of sp³-hybridized carbons (Fsp3) is 0. The van der Waals surface area contributed by atoms with Crippen molar-refractivity contribution in [2.75, 3.05) is 5.32 Å². The number of pyridine rings is 1. The Kier molecular flexibility index (Phi) is 3.92. The van der Waals surface area contributed by atoms with Crippen LogP contribution in [0.4, 0.5) is 5.69 Å². The monoisotopic (exact) mass is 374 g/mol. The lowest BCUT2D eigenvalue weighted by Gasteiger charge is -2.03. The standard InChI is InChI=1S/C11H7IN2O3S/c12-9-3-6(5-18-9)10(15)14-7-1-2-13-8(4-7)11(16)17/h1-5H,(H,16,17)(H,13,14,15). The van der Waals surface area contributed by atoms with Crippen LogP contribution in [0.5, 0.6) is 0 Å². The molecule has 0 aliphatic rings. The molecule has 2 rings (SSSR count). The first-order valence-corrected chi connectivity index (χ1v) is 6.77. The maximum absolute atomic E-state index is 11.8. The van der Waals surface area contributed by atoms with E-state index < -0.39 is 5.97 Å². The molecule has 2 aromatic rings. The topological polar surface area (TPSA) is 79.3 Å². The van der Waals surface area contributed by atoms with E-state index in [9.17, 15) is 9.59 Å². The Bertz CT molecular complexity index is 612. The summed E-state index contributed by atoms with van der Waals surface area (Å²) in [5, 5.41) is 13.2. The summed E-state index contributed by atoms with van der Waals surface area (Å²) in [5.74, 6) is -1.40. The number of carbonyl (C=O) groups is 2. The van der Waals surface area contributed by atoms with Crippen LogP contribution in [0.1, 0.15) is 20.8 Å². The summed E-state index contributed by atoms with van der Waals surface area (Å²) >= 11 is 3.60. The van der Waals surface area contributed by atoms with Crippen molar-refractivity contribution in [1.29, 1.82) is 0 Å². The highest BCUT2D eigenvalue weighted by Crippen LogP contribution is 2.18. The number of thiophene rings is 1. The molecule has 2 N–H and O–H groups in total. The van der Waals surface area contributed by atoms with Crippen molar-refractivity contribution < 1.29 is 14.7 Å². The molecule has 0 aliphatic heterocycles. The highest BCUT2D eigenvalue weighted by molar-refractivity contribution is 14.1. The number of anilines is 1. The fourth-order valence-corrected chi connectivity index (χ4v) is 2.58. The molecule has 1 amide bonds. The summed E-state index contributed by atoms with van der Waals surface area (Å²) < 4.78 is 1.01. The minimum atomic E-state index is -1.13.